The van der Waals surface area contributed by atoms with Gasteiger partial charge in [0.05, 0.1) is 10.5 Å². The lowest BCUT2D eigenvalue weighted by Gasteiger charge is -2.28. The van der Waals surface area contributed by atoms with Gasteiger partial charge in [0, 0.05) is 56.3 Å². The van der Waals surface area contributed by atoms with E-state index in [2.05, 4.69) is 36.2 Å². The number of fused-ring (bicyclic) bond motifs is 2. The fourth-order valence-electron chi connectivity index (χ4n) is 6.54. The molecular weight excluding hydrogens is 629 g/mol. The third-order valence-corrected chi connectivity index (χ3v) is 11.9. The molecule has 1 aromatic heterocycles. The van der Waals surface area contributed by atoms with Crippen LogP contribution in [0.25, 0.3) is 0 Å². The molecule has 3 aromatic carbocycles. The van der Waals surface area contributed by atoms with E-state index in [1.807, 2.05) is 47.4 Å². The van der Waals surface area contributed by atoms with E-state index in [0.29, 0.717) is 55.3 Å². The third kappa shape index (κ3) is 7.21. The van der Waals surface area contributed by atoms with Crippen molar-refractivity contribution < 1.29 is 18.0 Å². The monoisotopic (exact) mass is 670 g/mol. The van der Waals surface area contributed by atoms with E-state index in [1.54, 1.807) is 12.1 Å². The first-order chi connectivity index (χ1) is 22.8. The van der Waals surface area contributed by atoms with Crippen LogP contribution in [0.3, 0.4) is 0 Å². The molecule has 4 aromatic rings. The average molecular weight is 671 g/mol. The second kappa shape index (κ2) is 14.5. The summed E-state index contributed by atoms with van der Waals surface area (Å²) in [6, 6.07) is 24.4. The van der Waals surface area contributed by atoms with Crippen molar-refractivity contribution in [2.45, 2.75) is 64.1 Å². The van der Waals surface area contributed by atoms with E-state index in [0.717, 1.165) is 48.4 Å². The molecule has 0 fully saturated rings. The molecule has 47 heavy (non-hydrogen) atoms. The van der Waals surface area contributed by atoms with Crippen LogP contribution in [0.1, 0.15) is 74.5 Å². The van der Waals surface area contributed by atoms with Crippen LogP contribution in [0.2, 0.25) is 0 Å². The van der Waals surface area contributed by atoms with Crippen molar-refractivity contribution in [1.29, 1.82) is 0 Å². The molecule has 3 heterocycles. The minimum atomic E-state index is -3.73. The van der Waals surface area contributed by atoms with Crippen LogP contribution < -0.4 is 5.32 Å². The summed E-state index contributed by atoms with van der Waals surface area (Å²) in [5.74, 6) is -0.408. The Bertz CT molecular complexity index is 1830. The van der Waals surface area contributed by atoms with Crippen molar-refractivity contribution in [2.24, 2.45) is 0 Å². The lowest BCUT2D eigenvalue weighted by atomic mass is 10.0. The topological polar surface area (TPSA) is 90.0 Å². The molecule has 2 aliphatic heterocycles. The van der Waals surface area contributed by atoms with E-state index in [1.165, 1.54) is 38.9 Å². The lowest BCUT2D eigenvalue weighted by molar-refractivity contribution is 0.0755. The summed E-state index contributed by atoms with van der Waals surface area (Å²) >= 11 is 1.48. The largest absolute Gasteiger partial charge is 0.339 e. The van der Waals surface area contributed by atoms with Crippen LogP contribution in [-0.4, -0.2) is 60.5 Å². The SMILES string of the molecule is CCCN(CCC)C(=O)c1c(NC(=O)c2ccc(S(=O)(=O)N3CCc4ccccc4C3)cc2)sc2c1CCN(Cc1ccccc1)C2. The van der Waals surface area contributed by atoms with Gasteiger partial charge in [-0.1, -0.05) is 68.4 Å². The van der Waals surface area contributed by atoms with Crippen molar-refractivity contribution in [1.82, 2.24) is 14.1 Å². The van der Waals surface area contributed by atoms with E-state index in [9.17, 15) is 18.0 Å². The van der Waals surface area contributed by atoms with Gasteiger partial charge in [-0.2, -0.15) is 4.31 Å². The number of rotatable bonds is 11. The molecule has 8 nitrogen and oxygen atoms in total. The molecule has 246 valence electrons. The molecule has 0 saturated heterocycles. The van der Waals surface area contributed by atoms with E-state index in [4.69, 9.17) is 0 Å². The van der Waals surface area contributed by atoms with Gasteiger partial charge in [-0.05, 0) is 72.2 Å². The number of nitrogens with one attached hydrogen (secondary N) is 1. The summed E-state index contributed by atoms with van der Waals surface area (Å²) in [7, 11) is -3.73. The zero-order chi connectivity index (χ0) is 33.0. The highest BCUT2D eigenvalue weighted by Crippen LogP contribution is 2.39. The average Bonchev–Trinajstić information content (AvgIpc) is 3.45. The standard InChI is InChI=1S/C37H42N4O4S2/c1-3-20-40(21-4-2)37(43)34-32-19-22-39(24-27-10-6-5-7-11-27)26-33(32)46-36(34)38-35(42)29-14-16-31(17-15-29)47(44,45)41-23-18-28-12-8-9-13-30(28)25-41/h5-17H,3-4,18-26H2,1-2H3,(H,38,42). The fraction of sp³-hybridized carbons (Fsp3) is 0.351. The number of carbonyl (C=O) groups excluding carboxylic acids is 2. The Balaban J connectivity index is 1.23. The first-order valence-electron chi connectivity index (χ1n) is 16.5. The molecule has 6 rings (SSSR count). The van der Waals surface area contributed by atoms with Crippen LogP contribution in [0.15, 0.2) is 83.8 Å². The van der Waals surface area contributed by atoms with Gasteiger partial charge in [0.1, 0.15) is 5.00 Å². The van der Waals surface area contributed by atoms with Crippen LogP contribution in [0, 0.1) is 0 Å². The highest BCUT2D eigenvalue weighted by Gasteiger charge is 2.32. The van der Waals surface area contributed by atoms with Gasteiger partial charge in [0.15, 0.2) is 0 Å². The maximum absolute atomic E-state index is 14.0. The number of hydrogen-bond donors (Lipinski definition) is 1. The van der Waals surface area contributed by atoms with Crippen LogP contribution in [-0.2, 0) is 42.5 Å². The number of hydrogen-bond acceptors (Lipinski definition) is 6. The molecule has 0 atom stereocenters. The summed E-state index contributed by atoms with van der Waals surface area (Å²) in [5.41, 5.74) is 5.40. The van der Waals surface area contributed by atoms with Gasteiger partial charge in [-0.25, -0.2) is 8.42 Å². The molecule has 2 aliphatic rings. The molecule has 1 N–H and O–H groups in total. The zero-order valence-electron chi connectivity index (χ0n) is 27.1. The minimum Gasteiger partial charge on any atom is -0.339 e. The van der Waals surface area contributed by atoms with Gasteiger partial charge in [0.2, 0.25) is 10.0 Å². The maximum atomic E-state index is 14.0. The molecule has 0 unspecified atom stereocenters. The number of sulfonamides is 1. The number of amides is 2. The normalized spacial score (nSPS) is 15.1. The Kier molecular flexibility index (Phi) is 10.2. The van der Waals surface area contributed by atoms with Crippen molar-refractivity contribution >= 4 is 38.2 Å². The smallest absolute Gasteiger partial charge is 0.257 e. The highest BCUT2D eigenvalue weighted by molar-refractivity contribution is 7.89. The molecule has 0 spiro atoms. The summed E-state index contributed by atoms with van der Waals surface area (Å²) in [6.45, 7) is 8.54. The summed E-state index contributed by atoms with van der Waals surface area (Å²) in [5, 5.41) is 3.62. The van der Waals surface area contributed by atoms with Crippen molar-refractivity contribution in [2.75, 3.05) is 31.5 Å². The first-order valence-corrected chi connectivity index (χ1v) is 18.7. The number of benzene rings is 3. The van der Waals surface area contributed by atoms with Crippen LogP contribution in [0.5, 0.6) is 0 Å². The molecule has 0 bridgehead atoms. The predicted molar refractivity (Wildman–Crippen MR) is 187 cm³/mol. The number of anilines is 1. The minimum absolute atomic E-state index is 0.0393. The maximum Gasteiger partial charge on any atom is 0.257 e. The van der Waals surface area contributed by atoms with E-state index >= 15 is 0 Å². The number of nitrogens with zero attached hydrogens (tertiary/aromatic N) is 3. The number of thiophene rings is 1. The van der Waals surface area contributed by atoms with Gasteiger partial charge in [-0.15, -0.1) is 11.3 Å². The summed E-state index contributed by atoms with van der Waals surface area (Å²) < 4.78 is 28.5. The van der Waals surface area contributed by atoms with Crippen molar-refractivity contribution in [3.05, 3.63) is 117 Å². The second-order valence-electron chi connectivity index (χ2n) is 12.3. The summed E-state index contributed by atoms with van der Waals surface area (Å²) in [6.07, 6.45) is 3.10. The highest BCUT2D eigenvalue weighted by atomic mass is 32.2. The van der Waals surface area contributed by atoms with E-state index in [-0.39, 0.29) is 16.7 Å². The Morgan fingerprint density at radius 1 is 0.830 bits per heavy atom. The Labute approximate surface area is 282 Å². The summed E-state index contributed by atoms with van der Waals surface area (Å²) in [4.78, 5) is 33.2. The Hall–Kier alpha value is -3.83. The van der Waals surface area contributed by atoms with Crippen molar-refractivity contribution in [3.63, 3.8) is 0 Å². The van der Waals surface area contributed by atoms with E-state index < -0.39 is 10.0 Å². The predicted octanol–water partition coefficient (Wildman–Crippen LogP) is 6.57. The van der Waals surface area contributed by atoms with Crippen molar-refractivity contribution in [3.8, 4) is 0 Å². The fourth-order valence-corrected chi connectivity index (χ4v) is 9.23. The Morgan fingerprint density at radius 3 is 2.21 bits per heavy atom. The molecular formula is C37H42N4O4S2. The van der Waals surface area contributed by atoms with Gasteiger partial charge in [0.25, 0.3) is 11.8 Å². The third-order valence-electron chi connectivity index (χ3n) is 8.95. The molecule has 10 heteroatoms. The van der Waals surface area contributed by atoms with Gasteiger partial charge < -0.3 is 10.2 Å². The number of carbonyl (C=O) groups is 2. The molecule has 0 aliphatic carbocycles. The van der Waals surface area contributed by atoms with Crippen LogP contribution >= 0.6 is 11.3 Å². The lowest BCUT2D eigenvalue weighted by Crippen LogP contribution is -2.36. The molecule has 0 saturated carbocycles. The van der Waals surface area contributed by atoms with Crippen LogP contribution in [0.4, 0.5) is 5.00 Å². The second-order valence-corrected chi connectivity index (χ2v) is 15.3. The zero-order valence-corrected chi connectivity index (χ0v) is 28.7. The first kappa shape index (κ1) is 33.1. The molecule has 0 radical (unpaired) electrons. The quantitative estimate of drug-likeness (QED) is 0.195. The van der Waals surface area contributed by atoms with Gasteiger partial charge in [-0.3, -0.25) is 14.5 Å². The van der Waals surface area contributed by atoms with Gasteiger partial charge >= 0.3 is 0 Å². The molecule has 2 amide bonds. The Morgan fingerprint density at radius 2 is 1.51 bits per heavy atom.